The van der Waals surface area contributed by atoms with Gasteiger partial charge in [-0.25, -0.2) is 4.98 Å². The van der Waals surface area contributed by atoms with Gasteiger partial charge in [-0.2, -0.15) is 0 Å². The summed E-state index contributed by atoms with van der Waals surface area (Å²) in [5.74, 6) is 0.167. The maximum absolute atomic E-state index is 12.9. The van der Waals surface area contributed by atoms with Crippen LogP contribution in [0.3, 0.4) is 0 Å². The lowest BCUT2D eigenvalue weighted by Gasteiger charge is -2.34. The molecule has 1 aromatic heterocycles. The number of aromatic nitrogens is 1. The Hall–Kier alpha value is -2.60. The number of hydrogen-bond acceptors (Lipinski definition) is 4. The average molecular weight is 358 g/mol. The Morgan fingerprint density at radius 2 is 2.00 bits per heavy atom. The van der Waals surface area contributed by atoms with Gasteiger partial charge in [-0.15, -0.1) is 0 Å². The second kappa shape index (κ2) is 6.04. The van der Waals surface area contributed by atoms with E-state index in [1.54, 1.807) is 18.0 Å². The van der Waals surface area contributed by atoms with Gasteiger partial charge >= 0.3 is 0 Å². The molecule has 2 amide bonds. The molecule has 2 aliphatic rings. The van der Waals surface area contributed by atoms with Crippen LogP contribution in [0.25, 0.3) is 0 Å². The minimum absolute atomic E-state index is 0.113. The van der Waals surface area contributed by atoms with Crippen LogP contribution >= 0.6 is 11.6 Å². The summed E-state index contributed by atoms with van der Waals surface area (Å²) in [5.41, 5.74) is 1.86. The number of ether oxygens (including phenoxy) is 1. The number of likely N-dealkylation sites (N-methyl/N-ethyl adjacent to an activating group) is 1. The summed E-state index contributed by atoms with van der Waals surface area (Å²) in [5, 5.41) is 0.266. The Kier molecular flexibility index (Phi) is 3.84. The average Bonchev–Trinajstić information content (AvgIpc) is 2.74. The Labute approximate surface area is 150 Å². The molecule has 0 radical (unpaired) electrons. The van der Waals surface area contributed by atoms with Crippen LogP contribution in [0.15, 0.2) is 36.4 Å². The van der Waals surface area contributed by atoms with E-state index in [0.29, 0.717) is 30.1 Å². The summed E-state index contributed by atoms with van der Waals surface area (Å²) >= 11 is 5.93. The first-order valence-corrected chi connectivity index (χ1v) is 8.40. The molecule has 0 bridgehead atoms. The molecule has 2 aromatic rings. The first-order valence-electron chi connectivity index (χ1n) is 8.02. The third kappa shape index (κ3) is 2.62. The van der Waals surface area contributed by atoms with Crippen molar-refractivity contribution in [3.05, 3.63) is 52.8 Å². The number of halogens is 1. The number of hydrogen-bond donors (Lipinski definition) is 0. The van der Waals surface area contributed by atoms with E-state index in [-0.39, 0.29) is 23.6 Å². The van der Waals surface area contributed by atoms with Gasteiger partial charge in [0.05, 0.1) is 5.69 Å². The summed E-state index contributed by atoms with van der Waals surface area (Å²) in [6.07, 6.45) is 0.631. The van der Waals surface area contributed by atoms with Gasteiger partial charge < -0.3 is 14.5 Å². The normalized spacial score (nSPS) is 19.8. The van der Waals surface area contributed by atoms with Crippen molar-refractivity contribution < 1.29 is 14.3 Å². The SMILES string of the molecule is CN1C(=O)[C@@H](N2CCc3ccc(Cl)nc3C2=O)COc2ccccc21. The topological polar surface area (TPSA) is 62.7 Å². The summed E-state index contributed by atoms with van der Waals surface area (Å²) in [6, 6.07) is 10.1. The molecule has 0 aliphatic carbocycles. The van der Waals surface area contributed by atoms with Crippen LogP contribution in [0.2, 0.25) is 5.15 Å². The van der Waals surface area contributed by atoms with E-state index in [9.17, 15) is 9.59 Å². The zero-order valence-electron chi connectivity index (χ0n) is 13.6. The summed E-state index contributed by atoms with van der Waals surface area (Å²) in [4.78, 5) is 33.1. The predicted octanol–water partition coefficient (Wildman–Crippen LogP) is 2.16. The molecule has 4 rings (SSSR count). The number of nitrogens with zero attached hydrogens (tertiary/aromatic N) is 3. The molecule has 7 heteroatoms. The molecule has 0 fully saturated rings. The molecule has 0 unspecified atom stereocenters. The largest absolute Gasteiger partial charge is 0.489 e. The summed E-state index contributed by atoms with van der Waals surface area (Å²) < 4.78 is 5.81. The van der Waals surface area contributed by atoms with Gasteiger partial charge in [-0.1, -0.05) is 29.8 Å². The van der Waals surface area contributed by atoms with Gasteiger partial charge in [0.15, 0.2) is 0 Å². The van der Waals surface area contributed by atoms with Gasteiger partial charge in [-0.05, 0) is 30.2 Å². The molecular weight excluding hydrogens is 342 g/mol. The first kappa shape index (κ1) is 15.9. The molecule has 6 nitrogen and oxygen atoms in total. The Balaban J connectivity index is 1.67. The smallest absolute Gasteiger partial charge is 0.273 e. The van der Waals surface area contributed by atoms with Gasteiger partial charge in [0, 0.05) is 13.6 Å². The van der Waals surface area contributed by atoms with Crippen molar-refractivity contribution in [3.63, 3.8) is 0 Å². The number of anilines is 1. The highest BCUT2D eigenvalue weighted by Gasteiger charge is 2.39. The number of pyridine rings is 1. The number of rotatable bonds is 1. The highest BCUT2D eigenvalue weighted by atomic mass is 35.5. The van der Waals surface area contributed by atoms with Crippen molar-refractivity contribution in [2.24, 2.45) is 0 Å². The number of benzene rings is 1. The fraction of sp³-hybridized carbons (Fsp3) is 0.278. The zero-order chi connectivity index (χ0) is 17.6. The van der Waals surface area contributed by atoms with Crippen molar-refractivity contribution in [1.29, 1.82) is 0 Å². The van der Waals surface area contributed by atoms with Crippen molar-refractivity contribution in [1.82, 2.24) is 9.88 Å². The number of para-hydroxylation sites is 2. The van der Waals surface area contributed by atoms with Crippen molar-refractivity contribution in [3.8, 4) is 5.75 Å². The zero-order valence-corrected chi connectivity index (χ0v) is 14.4. The van der Waals surface area contributed by atoms with E-state index in [1.807, 2.05) is 30.3 Å². The predicted molar refractivity (Wildman–Crippen MR) is 93.1 cm³/mol. The third-order valence-corrected chi connectivity index (χ3v) is 4.86. The molecule has 0 saturated carbocycles. The summed E-state index contributed by atoms with van der Waals surface area (Å²) in [7, 11) is 1.69. The van der Waals surface area contributed by atoms with Crippen LogP contribution in [0, 0.1) is 0 Å². The number of carbonyl (C=O) groups excluding carboxylic acids is 2. The molecule has 0 spiro atoms. The Morgan fingerprint density at radius 1 is 1.20 bits per heavy atom. The van der Waals surface area contributed by atoms with E-state index in [2.05, 4.69) is 4.98 Å². The second-order valence-corrected chi connectivity index (χ2v) is 6.47. The molecule has 1 atom stereocenters. The maximum atomic E-state index is 12.9. The minimum atomic E-state index is -0.696. The third-order valence-electron chi connectivity index (χ3n) is 4.65. The van der Waals surface area contributed by atoms with Crippen LogP contribution in [0.4, 0.5) is 5.69 Å². The Morgan fingerprint density at radius 3 is 2.84 bits per heavy atom. The molecule has 3 heterocycles. The summed E-state index contributed by atoms with van der Waals surface area (Å²) in [6.45, 7) is 0.556. The van der Waals surface area contributed by atoms with E-state index in [0.717, 1.165) is 5.56 Å². The monoisotopic (exact) mass is 357 g/mol. The van der Waals surface area contributed by atoms with Crippen molar-refractivity contribution in [2.45, 2.75) is 12.5 Å². The van der Waals surface area contributed by atoms with Gasteiger partial charge in [0.1, 0.15) is 29.2 Å². The van der Waals surface area contributed by atoms with Crippen molar-refractivity contribution >= 4 is 29.1 Å². The highest BCUT2D eigenvalue weighted by molar-refractivity contribution is 6.29. The van der Waals surface area contributed by atoms with E-state index < -0.39 is 6.04 Å². The lowest BCUT2D eigenvalue weighted by Crippen LogP contribution is -2.54. The molecule has 25 heavy (non-hydrogen) atoms. The van der Waals surface area contributed by atoms with Crippen LogP contribution in [0.5, 0.6) is 5.75 Å². The van der Waals surface area contributed by atoms with Crippen LogP contribution in [-0.4, -0.2) is 47.9 Å². The number of fused-ring (bicyclic) bond motifs is 2. The van der Waals surface area contributed by atoms with Crippen LogP contribution < -0.4 is 9.64 Å². The van der Waals surface area contributed by atoms with Crippen LogP contribution in [0.1, 0.15) is 16.1 Å². The van der Waals surface area contributed by atoms with Crippen molar-refractivity contribution in [2.75, 3.05) is 25.1 Å². The van der Waals surface area contributed by atoms with E-state index in [1.165, 1.54) is 4.90 Å². The Bertz CT molecular complexity index is 870. The molecule has 0 N–H and O–H groups in total. The fourth-order valence-electron chi connectivity index (χ4n) is 3.29. The quantitative estimate of drug-likeness (QED) is 0.734. The van der Waals surface area contributed by atoms with Gasteiger partial charge in [-0.3, -0.25) is 9.59 Å². The standard InChI is InChI=1S/C18H16ClN3O3/c1-21-12-4-2-3-5-14(12)25-10-13(17(21)23)22-9-8-11-6-7-15(19)20-16(11)18(22)24/h2-7,13H,8-10H2,1H3/t13-/m0/s1. The fourth-order valence-corrected chi connectivity index (χ4v) is 3.44. The molecule has 2 aliphatic heterocycles. The molecule has 1 aromatic carbocycles. The molecular formula is C18H16ClN3O3. The first-order chi connectivity index (χ1) is 12.1. The number of amides is 2. The number of carbonyl (C=O) groups is 2. The van der Waals surface area contributed by atoms with Gasteiger partial charge in [0.25, 0.3) is 11.8 Å². The second-order valence-electron chi connectivity index (χ2n) is 6.08. The van der Waals surface area contributed by atoms with E-state index in [4.69, 9.17) is 16.3 Å². The lowest BCUT2D eigenvalue weighted by molar-refractivity contribution is -0.123. The van der Waals surface area contributed by atoms with Crippen LogP contribution in [-0.2, 0) is 11.2 Å². The minimum Gasteiger partial charge on any atom is -0.489 e. The lowest BCUT2D eigenvalue weighted by atomic mass is 10.0. The maximum Gasteiger partial charge on any atom is 0.273 e. The van der Waals surface area contributed by atoms with Gasteiger partial charge in [0.2, 0.25) is 0 Å². The van der Waals surface area contributed by atoms with E-state index >= 15 is 0 Å². The molecule has 0 saturated heterocycles. The highest BCUT2D eigenvalue weighted by Crippen LogP contribution is 2.32. The molecule has 128 valence electrons.